The zero-order chi connectivity index (χ0) is 19.3. The molecule has 0 amide bonds. The lowest BCUT2D eigenvalue weighted by molar-refractivity contribution is 0.492. The normalized spacial score (nSPS) is 13.6. The summed E-state index contributed by atoms with van der Waals surface area (Å²) in [6, 6.07) is 10.7. The Kier molecular flexibility index (Phi) is 5.47. The molecule has 2 aromatic heterocycles. The average molecular weight is 375 g/mol. The second-order valence-corrected chi connectivity index (χ2v) is 7.35. The number of para-hydroxylation sites is 1. The van der Waals surface area contributed by atoms with Crippen LogP contribution in [0.1, 0.15) is 61.3 Å². The number of aromatic nitrogens is 6. The van der Waals surface area contributed by atoms with E-state index in [4.69, 9.17) is 10.2 Å². The summed E-state index contributed by atoms with van der Waals surface area (Å²) in [4.78, 5) is 4.78. The molecule has 0 aliphatic carbocycles. The molecule has 3 aromatic rings. The fraction of sp³-hybridized carbons (Fsp3) is 0.476. The van der Waals surface area contributed by atoms with E-state index in [1.807, 2.05) is 6.33 Å². The Morgan fingerprint density at radius 1 is 1.25 bits per heavy atom. The van der Waals surface area contributed by atoms with E-state index >= 15 is 0 Å². The third-order valence-electron chi connectivity index (χ3n) is 5.54. The molecule has 144 valence electrons. The molecule has 4 rings (SSSR count). The van der Waals surface area contributed by atoms with Gasteiger partial charge in [-0.1, -0.05) is 38.0 Å². The number of hydrogen-bond acceptors (Lipinski definition) is 5. The number of rotatable bonds is 8. The highest BCUT2D eigenvalue weighted by atomic mass is 15.5. The van der Waals surface area contributed by atoms with Crippen LogP contribution in [0.5, 0.6) is 0 Å². The van der Waals surface area contributed by atoms with Crippen molar-refractivity contribution in [2.75, 3.05) is 0 Å². The lowest BCUT2D eigenvalue weighted by atomic mass is 9.93. The molecule has 7 heteroatoms. The maximum Gasteiger partial charge on any atom is 0.154 e. The lowest BCUT2D eigenvalue weighted by Crippen LogP contribution is -2.16. The Morgan fingerprint density at radius 3 is 3.00 bits per heavy atom. The van der Waals surface area contributed by atoms with Gasteiger partial charge in [-0.25, -0.2) is 9.67 Å². The summed E-state index contributed by atoms with van der Waals surface area (Å²) < 4.78 is 4.03. The molecule has 0 N–H and O–H groups in total. The first-order valence-corrected chi connectivity index (χ1v) is 10.1. The number of fused-ring (bicyclic) bond motifs is 3. The fourth-order valence-electron chi connectivity index (χ4n) is 4.09. The fourth-order valence-corrected chi connectivity index (χ4v) is 4.09. The van der Waals surface area contributed by atoms with Crippen molar-refractivity contribution in [1.29, 1.82) is 5.26 Å². The van der Waals surface area contributed by atoms with E-state index in [0.29, 0.717) is 13.0 Å². The molecule has 0 spiro atoms. The van der Waals surface area contributed by atoms with Crippen molar-refractivity contribution in [3.05, 3.63) is 53.4 Å². The molecule has 1 atom stereocenters. The molecular weight excluding hydrogens is 350 g/mol. The zero-order valence-electron chi connectivity index (χ0n) is 16.3. The van der Waals surface area contributed by atoms with Gasteiger partial charge in [-0.2, -0.15) is 5.26 Å². The van der Waals surface area contributed by atoms with Crippen molar-refractivity contribution in [3.63, 3.8) is 0 Å². The topological polar surface area (TPSA) is 85.2 Å². The molecule has 1 unspecified atom stereocenters. The molecule has 28 heavy (non-hydrogen) atoms. The number of aryl methyl sites for hydroxylation is 2. The van der Waals surface area contributed by atoms with Gasteiger partial charge in [0.1, 0.15) is 0 Å². The highest BCUT2D eigenvalue weighted by Gasteiger charge is 2.25. The predicted octanol–water partition coefficient (Wildman–Crippen LogP) is 3.39. The van der Waals surface area contributed by atoms with Crippen LogP contribution < -0.4 is 0 Å². The Bertz CT molecular complexity index is 979. The number of benzene rings is 1. The number of unbranched alkanes of at least 4 members (excludes halogenated alkanes) is 1. The van der Waals surface area contributed by atoms with Crippen LogP contribution in [0.3, 0.4) is 0 Å². The highest BCUT2D eigenvalue weighted by Crippen LogP contribution is 2.30. The van der Waals surface area contributed by atoms with E-state index in [-0.39, 0.29) is 5.92 Å². The van der Waals surface area contributed by atoms with Gasteiger partial charge in [0.05, 0.1) is 31.1 Å². The van der Waals surface area contributed by atoms with Crippen LogP contribution in [-0.4, -0.2) is 29.8 Å². The van der Waals surface area contributed by atoms with Crippen molar-refractivity contribution in [2.24, 2.45) is 0 Å². The average Bonchev–Trinajstić information content (AvgIpc) is 3.36. The maximum atomic E-state index is 8.91. The predicted molar refractivity (Wildman–Crippen MR) is 105 cm³/mol. The molecule has 1 aromatic carbocycles. The summed E-state index contributed by atoms with van der Waals surface area (Å²) in [5, 5.41) is 21.2. The van der Waals surface area contributed by atoms with Gasteiger partial charge < -0.3 is 4.57 Å². The Labute approximate surface area is 165 Å². The summed E-state index contributed by atoms with van der Waals surface area (Å²) >= 11 is 0. The van der Waals surface area contributed by atoms with Gasteiger partial charge in [0, 0.05) is 23.7 Å². The first-order valence-electron chi connectivity index (χ1n) is 10.1. The van der Waals surface area contributed by atoms with E-state index in [2.05, 4.69) is 57.4 Å². The van der Waals surface area contributed by atoms with Gasteiger partial charge in [0.2, 0.25) is 0 Å². The van der Waals surface area contributed by atoms with Crippen LogP contribution in [0.25, 0.3) is 5.69 Å². The quantitative estimate of drug-likeness (QED) is 0.602. The smallest absolute Gasteiger partial charge is 0.154 e. The molecule has 3 heterocycles. The van der Waals surface area contributed by atoms with E-state index in [1.165, 1.54) is 16.9 Å². The minimum atomic E-state index is 0.213. The van der Waals surface area contributed by atoms with Gasteiger partial charge in [0.15, 0.2) is 5.82 Å². The van der Waals surface area contributed by atoms with E-state index in [0.717, 1.165) is 50.0 Å². The number of hydrogen-bond donors (Lipinski definition) is 0. The number of imidazole rings is 1. The van der Waals surface area contributed by atoms with Crippen LogP contribution in [0.15, 0.2) is 30.6 Å². The van der Waals surface area contributed by atoms with Crippen molar-refractivity contribution < 1.29 is 0 Å². The molecule has 0 saturated carbocycles. The zero-order valence-corrected chi connectivity index (χ0v) is 16.3. The molecule has 7 nitrogen and oxygen atoms in total. The van der Waals surface area contributed by atoms with Crippen LogP contribution in [-0.2, 0) is 25.8 Å². The van der Waals surface area contributed by atoms with Crippen LogP contribution in [0.4, 0.5) is 0 Å². The van der Waals surface area contributed by atoms with Crippen molar-refractivity contribution in [1.82, 2.24) is 29.8 Å². The second-order valence-electron chi connectivity index (χ2n) is 7.35. The number of tetrazole rings is 1. The maximum absolute atomic E-state index is 8.91. The first kappa shape index (κ1) is 18.4. The summed E-state index contributed by atoms with van der Waals surface area (Å²) in [5.74, 6) is 1.09. The van der Waals surface area contributed by atoms with Crippen molar-refractivity contribution in [3.8, 4) is 11.8 Å². The molecule has 1 aliphatic heterocycles. The summed E-state index contributed by atoms with van der Waals surface area (Å²) in [6.07, 6.45) is 8.53. The third kappa shape index (κ3) is 3.55. The highest BCUT2D eigenvalue weighted by molar-refractivity contribution is 5.46. The lowest BCUT2D eigenvalue weighted by Gasteiger charge is -2.21. The van der Waals surface area contributed by atoms with Gasteiger partial charge in [-0.3, -0.25) is 0 Å². The third-order valence-corrected chi connectivity index (χ3v) is 5.54. The molecule has 0 saturated heterocycles. The van der Waals surface area contributed by atoms with Gasteiger partial charge in [-0.15, -0.1) is 5.10 Å². The molecule has 0 bridgehead atoms. The molecule has 0 fully saturated rings. The monoisotopic (exact) mass is 375 g/mol. The van der Waals surface area contributed by atoms with Crippen LogP contribution in [0, 0.1) is 11.3 Å². The van der Waals surface area contributed by atoms with Crippen LogP contribution in [0.2, 0.25) is 0 Å². The Balaban J connectivity index is 1.62. The van der Waals surface area contributed by atoms with E-state index in [9.17, 15) is 0 Å². The summed E-state index contributed by atoms with van der Waals surface area (Å²) in [6.45, 7) is 2.74. The van der Waals surface area contributed by atoms with E-state index in [1.54, 1.807) is 4.68 Å². The summed E-state index contributed by atoms with van der Waals surface area (Å²) in [7, 11) is 0. The summed E-state index contributed by atoms with van der Waals surface area (Å²) in [5.41, 5.74) is 5.06. The van der Waals surface area contributed by atoms with Crippen molar-refractivity contribution in [2.45, 2.75) is 64.3 Å². The molecule has 1 aliphatic rings. The minimum Gasteiger partial charge on any atom is -0.303 e. The standard InChI is InChI=1S/C21H25N7/c1-2-3-7-17(21-24-25-26-28(21)13-6-12-22)14-18-20-11-10-16-8-4-5-9-19(16)27(20)15-23-18/h4-5,8-9,15,17H,2-3,6-7,10-11,13-14H2,1H3. The molecular formula is C21H25N7. The SMILES string of the molecule is CCCCC(Cc1ncn2c1CCc1ccccc1-2)c1nnnn1CCC#N. The molecule has 0 radical (unpaired) electrons. The first-order chi connectivity index (χ1) is 13.8. The minimum absolute atomic E-state index is 0.213. The Morgan fingerprint density at radius 2 is 2.14 bits per heavy atom. The second kappa shape index (κ2) is 8.34. The number of nitrogens with zero attached hydrogens (tertiary/aromatic N) is 7. The largest absolute Gasteiger partial charge is 0.303 e. The Hall–Kier alpha value is -3.01. The number of nitriles is 1. The van der Waals surface area contributed by atoms with Crippen LogP contribution >= 0.6 is 0 Å². The van der Waals surface area contributed by atoms with E-state index < -0.39 is 0 Å². The van der Waals surface area contributed by atoms with Gasteiger partial charge in [0.25, 0.3) is 0 Å². The van der Waals surface area contributed by atoms with Gasteiger partial charge >= 0.3 is 0 Å². The van der Waals surface area contributed by atoms with Gasteiger partial charge in [-0.05, 0) is 41.3 Å². The van der Waals surface area contributed by atoms with Crippen molar-refractivity contribution >= 4 is 0 Å².